The van der Waals surface area contributed by atoms with Gasteiger partial charge in [0.05, 0.1) is 11.0 Å². The maximum absolute atomic E-state index is 5.67. The summed E-state index contributed by atoms with van der Waals surface area (Å²) in [7, 11) is 0. The summed E-state index contributed by atoms with van der Waals surface area (Å²) in [6, 6.07) is 6.37. The van der Waals surface area contributed by atoms with Crippen molar-refractivity contribution in [2.45, 2.75) is 46.2 Å². The van der Waals surface area contributed by atoms with Crippen LogP contribution < -0.4 is 5.73 Å². The molecule has 0 spiro atoms. The fourth-order valence-corrected chi connectivity index (χ4v) is 2.24. The van der Waals surface area contributed by atoms with Gasteiger partial charge in [-0.3, -0.25) is 0 Å². The van der Waals surface area contributed by atoms with Crippen LogP contribution in [0.1, 0.15) is 38.1 Å². The molecule has 0 amide bonds. The first kappa shape index (κ1) is 12.1. The van der Waals surface area contributed by atoms with E-state index in [-0.39, 0.29) is 0 Å². The quantitative estimate of drug-likeness (QED) is 0.860. The molecule has 0 radical (unpaired) electrons. The van der Waals surface area contributed by atoms with Gasteiger partial charge in [-0.25, -0.2) is 4.98 Å². The number of nitrogens with zero attached hydrogens (tertiary/aromatic N) is 2. The Morgan fingerprint density at radius 3 is 2.71 bits per heavy atom. The van der Waals surface area contributed by atoms with E-state index in [2.05, 4.69) is 36.6 Å². The number of aryl methyl sites for hydroxylation is 2. The summed E-state index contributed by atoms with van der Waals surface area (Å²) in [4.78, 5) is 4.74. The molecule has 0 atom stereocenters. The molecular weight excluding hydrogens is 210 g/mol. The van der Waals surface area contributed by atoms with Crippen LogP contribution >= 0.6 is 0 Å². The van der Waals surface area contributed by atoms with Crippen molar-refractivity contribution in [2.24, 2.45) is 5.73 Å². The SMILES string of the molecule is CCCc1nc2cc(CN)ccc2n1CCC. The number of fused-ring (bicyclic) bond motifs is 1. The number of hydrogen-bond donors (Lipinski definition) is 1. The van der Waals surface area contributed by atoms with Crippen molar-refractivity contribution in [3.63, 3.8) is 0 Å². The van der Waals surface area contributed by atoms with Crippen LogP contribution in [0.15, 0.2) is 18.2 Å². The van der Waals surface area contributed by atoms with Gasteiger partial charge in [0.1, 0.15) is 5.82 Å². The highest BCUT2D eigenvalue weighted by Crippen LogP contribution is 2.19. The molecule has 0 bridgehead atoms. The Bertz CT molecular complexity index is 499. The van der Waals surface area contributed by atoms with E-state index in [1.807, 2.05) is 0 Å². The summed E-state index contributed by atoms with van der Waals surface area (Å²) in [5.41, 5.74) is 9.15. The van der Waals surface area contributed by atoms with Crippen LogP contribution in [0.4, 0.5) is 0 Å². The third kappa shape index (κ3) is 2.34. The van der Waals surface area contributed by atoms with Crippen LogP contribution in [0.2, 0.25) is 0 Å². The van der Waals surface area contributed by atoms with E-state index in [0.29, 0.717) is 6.54 Å². The van der Waals surface area contributed by atoms with E-state index in [0.717, 1.165) is 36.9 Å². The summed E-state index contributed by atoms with van der Waals surface area (Å²) in [5, 5.41) is 0. The zero-order valence-electron chi connectivity index (χ0n) is 10.7. The molecule has 0 aliphatic heterocycles. The number of imidazole rings is 1. The fourth-order valence-electron chi connectivity index (χ4n) is 2.24. The van der Waals surface area contributed by atoms with Crippen LogP contribution in [-0.2, 0) is 19.5 Å². The van der Waals surface area contributed by atoms with Crippen molar-refractivity contribution in [1.29, 1.82) is 0 Å². The van der Waals surface area contributed by atoms with Gasteiger partial charge < -0.3 is 10.3 Å². The second kappa shape index (κ2) is 5.32. The van der Waals surface area contributed by atoms with E-state index in [1.54, 1.807) is 0 Å². The van der Waals surface area contributed by atoms with Crippen LogP contribution in [0.5, 0.6) is 0 Å². The summed E-state index contributed by atoms with van der Waals surface area (Å²) in [6.07, 6.45) is 3.32. The highest BCUT2D eigenvalue weighted by Gasteiger charge is 2.09. The van der Waals surface area contributed by atoms with Crippen LogP contribution in [0.25, 0.3) is 11.0 Å². The van der Waals surface area contributed by atoms with Crippen molar-refractivity contribution < 1.29 is 0 Å². The smallest absolute Gasteiger partial charge is 0.109 e. The molecule has 1 aromatic heterocycles. The largest absolute Gasteiger partial charge is 0.328 e. The molecule has 17 heavy (non-hydrogen) atoms. The second-order valence-corrected chi connectivity index (χ2v) is 4.46. The first-order valence-corrected chi connectivity index (χ1v) is 6.48. The summed E-state index contributed by atoms with van der Waals surface area (Å²) < 4.78 is 2.35. The molecule has 0 aliphatic rings. The molecular formula is C14H21N3. The Hall–Kier alpha value is -1.35. The van der Waals surface area contributed by atoms with E-state index in [4.69, 9.17) is 10.7 Å². The molecule has 2 rings (SSSR count). The number of aromatic nitrogens is 2. The molecule has 0 saturated carbocycles. The molecule has 3 heteroatoms. The first-order valence-electron chi connectivity index (χ1n) is 6.48. The van der Waals surface area contributed by atoms with E-state index in [1.165, 1.54) is 11.3 Å². The fraction of sp³-hybridized carbons (Fsp3) is 0.500. The van der Waals surface area contributed by atoms with Gasteiger partial charge >= 0.3 is 0 Å². The van der Waals surface area contributed by atoms with Crippen molar-refractivity contribution >= 4 is 11.0 Å². The lowest BCUT2D eigenvalue weighted by atomic mass is 10.2. The Balaban J connectivity index is 2.52. The zero-order chi connectivity index (χ0) is 12.3. The Morgan fingerprint density at radius 1 is 1.24 bits per heavy atom. The van der Waals surface area contributed by atoms with E-state index in [9.17, 15) is 0 Å². The minimum absolute atomic E-state index is 0.583. The number of hydrogen-bond acceptors (Lipinski definition) is 2. The summed E-state index contributed by atoms with van der Waals surface area (Å²) in [5.74, 6) is 1.21. The normalized spacial score (nSPS) is 11.2. The summed E-state index contributed by atoms with van der Waals surface area (Å²) in [6.45, 7) is 6.03. The van der Waals surface area contributed by atoms with Crippen LogP contribution in [0, 0.1) is 0 Å². The molecule has 2 N–H and O–H groups in total. The third-order valence-corrected chi connectivity index (χ3v) is 3.05. The molecule has 2 aromatic rings. The Morgan fingerprint density at radius 2 is 2.06 bits per heavy atom. The molecule has 0 aliphatic carbocycles. The average Bonchev–Trinajstić information content (AvgIpc) is 2.68. The number of rotatable bonds is 5. The molecule has 0 unspecified atom stereocenters. The standard InChI is InChI=1S/C14H21N3/c1-3-5-14-16-12-9-11(10-15)6-7-13(12)17(14)8-4-2/h6-7,9H,3-5,8,10,15H2,1-2H3. The van der Waals surface area contributed by atoms with Crippen molar-refractivity contribution in [3.8, 4) is 0 Å². The molecule has 1 heterocycles. The highest BCUT2D eigenvalue weighted by atomic mass is 15.1. The maximum atomic E-state index is 5.67. The van der Waals surface area contributed by atoms with Crippen molar-refractivity contribution in [2.75, 3.05) is 0 Å². The van der Waals surface area contributed by atoms with Crippen LogP contribution in [-0.4, -0.2) is 9.55 Å². The number of nitrogens with two attached hydrogens (primary N) is 1. The van der Waals surface area contributed by atoms with Gasteiger partial charge in [0.15, 0.2) is 0 Å². The molecule has 92 valence electrons. The van der Waals surface area contributed by atoms with Gasteiger partial charge in [-0.05, 0) is 30.5 Å². The maximum Gasteiger partial charge on any atom is 0.109 e. The monoisotopic (exact) mass is 231 g/mol. The van der Waals surface area contributed by atoms with Crippen molar-refractivity contribution in [1.82, 2.24) is 9.55 Å². The molecule has 3 nitrogen and oxygen atoms in total. The van der Waals surface area contributed by atoms with E-state index >= 15 is 0 Å². The number of benzene rings is 1. The second-order valence-electron chi connectivity index (χ2n) is 4.46. The lowest BCUT2D eigenvalue weighted by Crippen LogP contribution is -2.03. The average molecular weight is 231 g/mol. The van der Waals surface area contributed by atoms with Crippen molar-refractivity contribution in [3.05, 3.63) is 29.6 Å². The molecule has 1 aromatic carbocycles. The van der Waals surface area contributed by atoms with Gasteiger partial charge in [0.2, 0.25) is 0 Å². The highest BCUT2D eigenvalue weighted by molar-refractivity contribution is 5.77. The van der Waals surface area contributed by atoms with Gasteiger partial charge in [-0.2, -0.15) is 0 Å². The predicted molar refractivity (Wildman–Crippen MR) is 71.9 cm³/mol. The predicted octanol–water partition coefficient (Wildman–Crippen LogP) is 2.86. The minimum atomic E-state index is 0.583. The van der Waals surface area contributed by atoms with Crippen LogP contribution in [0.3, 0.4) is 0 Å². The van der Waals surface area contributed by atoms with Gasteiger partial charge in [-0.15, -0.1) is 0 Å². The lowest BCUT2D eigenvalue weighted by Gasteiger charge is -2.06. The van der Waals surface area contributed by atoms with E-state index < -0.39 is 0 Å². The third-order valence-electron chi connectivity index (χ3n) is 3.05. The Kier molecular flexibility index (Phi) is 3.79. The molecule has 0 fully saturated rings. The molecule has 0 saturated heterocycles. The van der Waals surface area contributed by atoms with Gasteiger partial charge in [-0.1, -0.05) is 19.9 Å². The topological polar surface area (TPSA) is 43.8 Å². The van der Waals surface area contributed by atoms with Gasteiger partial charge in [0.25, 0.3) is 0 Å². The lowest BCUT2D eigenvalue weighted by molar-refractivity contribution is 0.646. The first-order chi connectivity index (χ1) is 8.30. The minimum Gasteiger partial charge on any atom is -0.328 e. The summed E-state index contributed by atoms with van der Waals surface area (Å²) >= 11 is 0. The Labute approximate surface area is 103 Å². The van der Waals surface area contributed by atoms with Gasteiger partial charge in [0, 0.05) is 19.5 Å². The zero-order valence-corrected chi connectivity index (χ0v) is 10.7.